The second kappa shape index (κ2) is 4.69. The van der Waals surface area contributed by atoms with E-state index in [4.69, 9.17) is 27.9 Å². The first-order valence-corrected chi connectivity index (χ1v) is 6.90. The summed E-state index contributed by atoms with van der Waals surface area (Å²) in [6.07, 6.45) is 4.11. The number of rotatable bonds is 2. The fraction of sp³-hybridized carbons (Fsp3) is 0.769. The van der Waals surface area contributed by atoms with E-state index in [0.29, 0.717) is 31.6 Å². The molecule has 0 radical (unpaired) electrons. The highest BCUT2D eigenvalue weighted by molar-refractivity contribution is 6.58. The Labute approximate surface area is 117 Å². The van der Waals surface area contributed by atoms with Crippen LogP contribution < -0.4 is 0 Å². The van der Waals surface area contributed by atoms with Gasteiger partial charge in [0.15, 0.2) is 0 Å². The minimum Gasteiger partial charge on any atom is -0.467 e. The van der Waals surface area contributed by atoms with Crippen molar-refractivity contribution < 1.29 is 14.6 Å². The molecule has 0 spiro atoms. The standard InChI is InChI=1S/C13H18Cl2O3/c1-8-3-9-4-10(16)7-12(5-8,6-9)13(14,15)11(17)18-2/h3,8,10,16H,4-7H2,1-2H3. The number of hydrogen-bond donors (Lipinski definition) is 1. The number of halogens is 2. The Morgan fingerprint density at radius 2 is 2.22 bits per heavy atom. The largest absolute Gasteiger partial charge is 0.467 e. The molecule has 0 aliphatic heterocycles. The van der Waals surface area contributed by atoms with E-state index in [-0.39, 0.29) is 0 Å². The lowest BCUT2D eigenvalue weighted by atomic mass is 9.61. The van der Waals surface area contributed by atoms with Crippen molar-refractivity contribution in [3.8, 4) is 0 Å². The Hall–Kier alpha value is -0.250. The van der Waals surface area contributed by atoms with Gasteiger partial charge in [-0.1, -0.05) is 41.8 Å². The van der Waals surface area contributed by atoms with Crippen molar-refractivity contribution in [3.05, 3.63) is 11.6 Å². The zero-order valence-electron chi connectivity index (χ0n) is 10.6. The van der Waals surface area contributed by atoms with E-state index in [1.807, 2.05) is 0 Å². The van der Waals surface area contributed by atoms with E-state index < -0.39 is 21.8 Å². The Morgan fingerprint density at radius 3 is 2.83 bits per heavy atom. The van der Waals surface area contributed by atoms with Crippen LogP contribution in [0.4, 0.5) is 0 Å². The minimum atomic E-state index is -1.60. The van der Waals surface area contributed by atoms with Gasteiger partial charge >= 0.3 is 5.97 Å². The van der Waals surface area contributed by atoms with Gasteiger partial charge in [-0.3, -0.25) is 0 Å². The number of carbonyl (C=O) groups is 1. The van der Waals surface area contributed by atoms with Gasteiger partial charge in [0.1, 0.15) is 0 Å². The summed E-state index contributed by atoms with van der Waals surface area (Å²) in [6, 6.07) is 0. The number of allylic oxidation sites excluding steroid dienone is 1. The molecule has 3 atom stereocenters. The molecule has 0 saturated heterocycles. The van der Waals surface area contributed by atoms with Crippen LogP contribution >= 0.6 is 23.2 Å². The van der Waals surface area contributed by atoms with E-state index in [1.54, 1.807) is 0 Å². The van der Waals surface area contributed by atoms with Crippen molar-refractivity contribution in [3.63, 3.8) is 0 Å². The van der Waals surface area contributed by atoms with Gasteiger partial charge in [-0.2, -0.15) is 0 Å². The Balaban J connectivity index is 2.40. The van der Waals surface area contributed by atoms with Crippen molar-refractivity contribution in [2.45, 2.75) is 43.0 Å². The van der Waals surface area contributed by atoms with Crippen LogP contribution in [0.15, 0.2) is 11.6 Å². The number of methoxy groups -OCH3 is 1. The normalized spacial score (nSPS) is 35.9. The molecule has 3 nitrogen and oxygen atoms in total. The van der Waals surface area contributed by atoms with Gasteiger partial charge in [0.2, 0.25) is 4.33 Å². The quantitative estimate of drug-likeness (QED) is 0.484. The first kappa shape index (κ1) is 14.2. The molecule has 5 heteroatoms. The predicted octanol–water partition coefficient (Wildman–Crippen LogP) is 2.83. The Bertz CT molecular complexity index is 392. The van der Waals surface area contributed by atoms with Gasteiger partial charge in [-0.15, -0.1) is 0 Å². The summed E-state index contributed by atoms with van der Waals surface area (Å²) in [5.74, 6) is -0.323. The molecule has 1 N–H and O–H groups in total. The maximum Gasteiger partial charge on any atom is 0.342 e. The second-order valence-corrected chi connectivity index (χ2v) is 6.92. The third kappa shape index (κ3) is 2.17. The van der Waals surface area contributed by atoms with E-state index in [0.717, 1.165) is 5.57 Å². The molecular weight excluding hydrogens is 275 g/mol. The number of alkyl halides is 2. The average Bonchev–Trinajstić information content (AvgIpc) is 2.25. The van der Waals surface area contributed by atoms with Crippen LogP contribution in [0, 0.1) is 11.3 Å². The molecule has 0 heterocycles. The molecule has 0 aromatic heterocycles. The number of ether oxygens (including phenoxy) is 1. The maximum atomic E-state index is 11.9. The number of carbonyl (C=O) groups excluding carboxylic acids is 1. The van der Waals surface area contributed by atoms with E-state index in [2.05, 4.69) is 13.0 Å². The SMILES string of the molecule is COC(=O)C(Cl)(Cl)C12CC(=CC(C)C1)CC(O)C2. The van der Waals surface area contributed by atoms with E-state index >= 15 is 0 Å². The van der Waals surface area contributed by atoms with Crippen LogP contribution in [0.5, 0.6) is 0 Å². The third-order valence-electron chi connectivity index (χ3n) is 4.03. The molecule has 18 heavy (non-hydrogen) atoms. The first-order chi connectivity index (χ1) is 8.30. The average molecular weight is 293 g/mol. The number of aliphatic hydroxyl groups is 1. The van der Waals surface area contributed by atoms with Crippen LogP contribution in [0.3, 0.4) is 0 Å². The van der Waals surface area contributed by atoms with Crippen molar-refractivity contribution >= 4 is 29.2 Å². The summed E-state index contributed by atoms with van der Waals surface area (Å²) in [6.45, 7) is 2.08. The summed E-state index contributed by atoms with van der Waals surface area (Å²) in [5.41, 5.74) is 0.520. The molecule has 102 valence electrons. The molecule has 2 rings (SSSR count). The summed E-state index contributed by atoms with van der Waals surface area (Å²) in [5, 5.41) is 9.97. The van der Waals surface area contributed by atoms with Gasteiger partial charge in [-0.05, 0) is 31.6 Å². The smallest absolute Gasteiger partial charge is 0.342 e. The molecule has 0 aromatic carbocycles. The van der Waals surface area contributed by atoms with Crippen molar-refractivity contribution in [2.75, 3.05) is 7.11 Å². The van der Waals surface area contributed by atoms with Crippen LogP contribution in [0.1, 0.15) is 32.6 Å². The second-order valence-electron chi connectivity index (χ2n) is 5.59. The summed E-state index contributed by atoms with van der Waals surface area (Å²) >= 11 is 12.6. The number of esters is 1. The monoisotopic (exact) mass is 292 g/mol. The van der Waals surface area contributed by atoms with Gasteiger partial charge in [-0.25, -0.2) is 4.79 Å². The predicted molar refractivity (Wildman–Crippen MR) is 70.6 cm³/mol. The fourth-order valence-corrected chi connectivity index (χ4v) is 4.07. The fourth-order valence-electron chi connectivity index (χ4n) is 3.48. The topological polar surface area (TPSA) is 46.5 Å². The van der Waals surface area contributed by atoms with Crippen LogP contribution in [-0.4, -0.2) is 28.6 Å². The minimum absolute atomic E-state index is 0.308. The molecule has 1 saturated carbocycles. The highest BCUT2D eigenvalue weighted by Crippen LogP contribution is 2.58. The molecule has 0 amide bonds. The van der Waals surface area contributed by atoms with E-state index in [9.17, 15) is 9.90 Å². The summed E-state index contributed by atoms with van der Waals surface area (Å²) in [7, 11) is 1.28. The zero-order chi connectivity index (χ0) is 13.6. The van der Waals surface area contributed by atoms with Crippen molar-refractivity contribution in [2.24, 2.45) is 11.3 Å². The summed E-state index contributed by atoms with van der Waals surface area (Å²) in [4.78, 5) is 11.9. The first-order valence-electron chi connectivity index (χ1n) is 6.14. The van der Waals surface area contributed by atoms with Crippen molar-refractivity contribution in [1.82, 2.24) is 0 Å². The highest BCUT2D eigenvalue weighted by atomic mass is 35.5. The zero-order valence-corrected chi connectivity index (χ0v) is 12.1. The molecule has 2 bridgehead atoms. The molecule has 3 unspecified atom stereocenters. The third-order valence-corrected chi connectivity index (χ3v) is 5.14. The number of fused-ring (bicyclic) bond motifs is 2. The highest BCUT2D eigenvalue weighted by Gasteiger charge is 2.59. The lowest BCUT2D eigenvalue weighted by Crippen LogP contribution is -2.52. The molecular formula is C13H18Cl2O3. The van der Waals surface area contributed by atoms with Gasteiger partial charge in [0, 0.05) is 5.41 Å². The summed E-state index contributed by atoms with van der Waals surface area (Å²) < 4.78 is 3.12. The lowest BCUT2D eigenvalue weighted by molar-refractivity contribution is -0.146. The molecule has 2 aliphatic carbocycles. The molecule has 0 aromatic rings. The lowest BCUT2D eigenvalue weighted by Gasteiger charge is -2.50. The van der Waals surface area contributed by atoms with Crippen LogP contribution in [0.25, 0.3) is 0 Å². The Kier molecular flexibility index (Phi) is 3.69. The van der Waals surface area contributed by atoms with Gasteiger partial charge in [0.25, 0.3) is 0 Å². The maximum absolute atomic E-state index is 11.9. The molecule has 1 fully saturated rings. The number of hydrogen-bond acceptors (Lipinski definition) is 3. The molecule has 2 aliphatic rings. The van der Waals surface area contributed by atoms with E-state index in [1.165, 1.54) is 7.11 Å². The van der Waals surface area contributed by atoms with Gasteiger partial charge < -0.3 is 9.84 Å². The number of aliphatic hydroxyl groups excluding tert-OH is 1. The van der Waals surface area contributed by atoms with Crippen molar-refractivity contribution in [1.29, 1.82) is 0 Å². The van der Waals surface area contributed by atoms with Crippen LogP contribution in [-0.2, 0) is 9.53 Å². The van der Waals surface area contributed by atoms with Gasteiger partial charge in [0.05, 0.1) is 13.2 Å². The van der Waals surface area contributed by atoms with Crippen LogP contribution in [0.2, 0.25) is 0 Å². The Morgan fingerprint density at radius 1 is 1.56 bits per heavy atom.